The zero-order valence-electron chi connectivity index (χ0n) is 21.3. The normalized spacial score (nSPS) is 14.1. The van der Waals surface area contributed by atoms with Gasteiger partial charge in [0.25, 0.3) is 5.91 Å². The highest BCUT2D eigenvalue weighted by Gasteiger charge is 2.23. The van der Waals surface area contributed by atoms with Gasteiger partial charge in [0.15, 0.2) is 0 Å². The molecule has 7 nitrogen and oxygen atoms in total. The number of nitrogens with zero attached hydrogens (tertiary/aromatic N) is 2. The Morgan fingerprint density at radius 3 is 2.50 bits per heavy atom. The van der Waals surface area contributed by atoms with E-state index in [0.717, 1.165) is 53.1 Å². The maximum atomic E-state index is 13.4. The fourth-order valence-corrected chi connectivity index (χ4v) is 5.81. The second-order valence-electron chi connectivity index (χ2n) is 9.03. The SMILES string of the molecule is CCCCCCCSc1ccc(NC(=O)c2cc(N3CCNCC3)ccc2N(C)S(C)(=O)=O)c(Cl)c1. The lowest BCUT2D eigenvalue weighted by Gasteiger charge is -2.30. The number of amides is 1. The topological polar surface area (TPSA) is 81.8 Å². The number of carbonyl (C=O) groups excluding carboxylic acids is 1. The van der Waals surface area contributed by atoms with E-state index in [0.29, 0.717) is 16.4 Å². The first-order valence-corrected chi connectivity index (χ1v) is 15.7. The van der Waals surface area contributed by atoms with Crippen LogP contribution in [0.3, 0.4) is 0 Å². The van der Waals surface area contributed by atoms with Crippen molar-refractivity contribution in [3.8, 4) is 0 Å². The summed E-state index contributed by atoms with van der Waals surface area (Å²) in [5, 5.41) is 6.66. The average molecular weight is 553 g/mol. The molecule has 0 saturated carbocycles. The second kappa shape index (κ2) is 13.6. The van der Waals surface area contributed by atoms with Gasteiger partial charge in [0.1, 0.15) is 0 Å². The Hall–Kier alpha value is -1.94. The van der Waals surface area contributed by atoms with Crippen molar-refractivity contribution in [3.63, 3.8) is 0 Å². The molecule has 0 aliphatic carbocycles. The predicted octanol–water partition coefficient (Wildman–Crippen LogP) is 5.46. The average Bonchev–Trinajstić information content (AvgIpc) is 2.86. The van der Waals surface area contributed by atoms with E-state index in [4.69, 9.17) is 11.6 Å². The van der Waals surface area contributed by atoms with E-state index in [1.807, 2.05) is 18.2 Å². The molecule has 1 saturated heterocycles. The Kier molecular flexibility index (Phi) is 10.8. The van der Waals surface area contributed by atoms with E-state index < -0.39 is 15.9 Å². The molecule has 0 bridgehead atoms. The van der Waals surface area contributed by atoms with Crippen LogP contribution in [-0.4, -0.2) is 59.6 Å². The molecule has 1 aliphatic rings. The molecule has 1 amide bonds. The lowest BCUT2D eigenvalue weighted by Crippen LogP contribution is -2.43. The number of rotatable bonds is 12. The smallest absolute Gasteiger partial charge is 0.257 e. The van der Waals surface area contributed by atoms with Crippen molar-refractivity contribution in [1.29, 1.82) is 0 Å². The van der Waals surface area contributed by atoms with Crippen molar-refractivity contribution in [1.82, 2.24) is 5.32 Å². The number of anilines is 3. The Bertz CT molecular complexity index is 1140. The van der Waals surface area contributed by atoms with Crippen LogP contribution in [0.1, 0.15) is 49.4 Å². The van der Waals surface area contributed by atoms with Crippen LogP contribution < -0.4 is 19.8 Å². The number of halogens is 1. The van der Waals surface area contributed by atoms with Gasteiger partial charge in [-0.15, -0.1) is 11.8 Å². The van der Waals surface area contributed by atoms with Gasteiger partial charge in [-0.2, -0.15) is 0 Å². The van der Waals surface area contributed by atoms with Crippen LogP contribution >= 0.6 is 23.4 Å². The molecular weight excluding hydrogens is 516 g/mol. The fourth-order valence-electron chi connectivity index (χ4n) is 4.05. The molecule has 10 heteroatoms. The van der Waals surface area contributed by atoms with Crippen LogP contribution in [0.5, 0.6) is 0 Å². The van der Waals surface area contributed by atoms with E-state index in [1.165, 1.54) is 39.2 Å². The van der Waals surface area contributed by atoms with Gasteiger partial charge < -0.3 is 15.5 Å². The molecule has 0 spiro atoms. The van der Waals surface area contributed by atoms with Crippen LogP contribution in [-0.2, 0) is 10.0 Å². The van der Waals surface area contributed by atoms with E-state index in [1.54, 1.807) is 30.0 Å². The number of sulfonamides is 1. The molecule has 2 aromatic rings. The van der Waals surface area contributed by atoms with E-state index in [-0.39, 0.29) is 5.56 Å². The van der Waals surface area contributed by atoms with Gasteiger partial charge in [0, 0.05) is 43.8 Å². The summed E-state index contributed by atoms with van der Waals surface area (Å²) in [5.74, 6) is 0.627. The van der Waals surface area contributed by atoms with Crippen molar-refractivity contribution < 1.29 is 13.2 Å². The quantitative estimate of drug-likeness (QED) is 0.269. The molecule has 2 N–H and O–H groups in total. The molecule has 0 unspecified atom stereocenters. The molecule has 1 aliphatic heterocycles. The Morgan fingerprint density at radius 1 is 1.11 bits per heavy atom. The van der Waals surface area contributed by atoms with Crippen molar-refractivity contribution in [2.24, 2.45) is 0 Å². The highest BCUT2D eigenvalue weighted by atomic mass is 35.5. The van der Waals surface area contributed by atoms with Crippen LogP contribution in [0.2, 0.25) is 5.02 Å². The molecule has 1 fully saturated rings. The van der Waals surface area contributed by atoms with E-state index >= 15 is 0 Å². The highest BCUT2D eigenvalue weighted by molar-refractivity contribution is 7.99. The monoisotopic (exact) mass is 552 g/mol. The maximum absolute atomic E-state index is 13.4. The summed E-state index contributed by atoms with van der Waals surface area (Å²) in [6, 6.07) is 10.9. The minimum Gasteiger partial charge on any atom is -0.369 e. The first kappa shape index (κ1) is 28.6. The number of unbranched alkanes of at least 4 members (excludes halogenated alkanes) is 4. The second-order valence-corrected chi connectivity index (χ2v) is 12.6. The van der Waals surface area contributed by atoms with Crippen LogP contribution in [0.15, 0.2) is 41.3 Å². The van der Waals surface area contributed by atoms with Crippen molar-refractivity contribution >= 4 is 56.4 Å². The van der Waals surface area contributed by atoms with Gasteiger partial charge in [0.05, 0.1) is 28.2 Å². The summed E-state index contributed by atoms with van der Waals surface area (Å²) >= 11 is 8.28. The lowest BCUT2D eigenvalue weighted by atomic mass is 10.1. The maximum Gasteiger partial charge on any atom is 0.257 e. The summed E-state index contributed by atoms with van der Waals surface area (Å²) in [5.41, 5.74) is 1.97. The molecular formula is C26H37ClN4O3S2. The Morgan fingerprint density at radius 2 is 1.83 bits per heavy atom. The van der Waals surface area contributed by atoms with E-state index in [9.17, 15) is 13.2 Å². The Balaban J connectivity index is 1.77. The van der Waals surface area contributed by atoms with Gasteiger partial charge in [-0.25, -0.2) is 8.42 Å². The molecule has 0 atom stereocenters. The minimum absolute atomic E-state index is 0.278. The summed E-state index contributed by atoms with van der Waals surface area (Å²) in [4.78, 5) is 16.6. The number of thioether (sulfide) groups is 1. The molecule has 198 valence electrons. The standard InChI is InChI=1S/C26H37ClN4O3S2/c1-4-5-6-7-8-17-35-21-10-11-24(23(27)19-21)29-26(32)22-18-20(31-15-13-28-14-16-31)9-12-25(22)30(2)36(3,33)34/h9-12,18-19,28H,4-8,13-17H2,1-3H3,(H,29,32). The zero-order chi connectivity index (χ0) is 26.1. The first-order valence-electron chi connectivity index (χ1n) is 12.5. The fraction of sp³-hybridized carbons (Fsp3) is 0.500. The van der Waals surface area contributed by atoms with Crippen LogP contribution in [0.4, 0.5) is 17.1 Å². The number of nitrogens with one attached hydrogen (secondary N) is 2. The highest BCUT2D eigenvalue weighted by Crippen LogP contribution is 2.32. The first-order chi connectivity index (χ1) is 17.2. The summed E-state index contributed by atoms with van der Waals surface area (Å²) < 4.78 is 25.6. The number of hydrogen-bond acceptors (Lipinski definition) is 6. The third-order valence-electron chi connectivity index (χ3n) is 6.25. The minimum atomic E-state index is -3.55. The zero-order valence-corrected chi connectivity index (χ0v) is 23.7. The Labute approximate surface area is 225 Å². The molecule has 0 radical (unpaired) electrons. The number of piperazine rings is 1. The van der Waals surface area contributed by atoms with Crippen molar-refractivity contribution in [2.45, 2.75) is 43.9 Å². The van der Waals surface area contributed by atoms with Crippen molar-refractivity contribution in [2.75, 3.05) is 59.8 Å². The molecule has 3 rings (SSSR count). The van der Waals surface area contributed by atoms with Gasteiger partial charge in [-0.05, 0) is 48.6 Å². The van der Waals surface area contributed by atoms with Gasteiger partial charge in [0.2, 0.25) is 10.0 Å². The van der Waals surface area contributed by atoms with Crippen molar-refractivity contribution in [3.05, 3.63) is 47.0 Å². The van der Waals surface area contributed by atoms with Gasteiger partial charge in [-0.3, -0.25) is 9.10 Å². The predicted molar refractivity (Wildman–Crippen MR) is 154 cm³/mol. The third-order valence-corrected chi connectivity index (χ3v) is 8.83. The van der Waals surface area contributed by atoms with Gasteiger partial charge in [-0.1, -0.05) is 44.2 Å². The van der Waals surface area contributed by atoms with Crippen LogP contribution in [0.25, 0.3) is 0 Å². The lowest BCUT2D eigenvalue weighted by molar-refractivity contribution is 0.102. The number of hydrogen-bond donors (Lipinski definition) is 2. The molecule has 1 heterocycles. The number of carbonyl (C=O) groups is 1. The molecule has 2 aromatic carbocycles. The summed E-state index contributed by atoms with van der Waals surface area (Å²) in [6.45, 7) is 5.54. The molecule has 36 heavy (non-hydrogen) atoms. The largest absolute Gasteiger partial charge is 0.369 e. The summed E-state index contributed by atoms with van der Waals surface area (Å²) in [6.07, 6.45) is 7.32. The van der Waals surface area contributed by atoms with Gasteiger partial charge >= 0.3 is 0 Å². The third kappa shape index (κ3) is 8.03. The number of benzene rings is 2. The van der Waals surface area contributed by atoms with Crippen LogP contribution in [0, 0.1) is 0 Å². The van der Waals surface area contributed by atoms with E-state index in [2.05, 4.69) is 22.5 Å². The molecule has 0 aromatic heterocycles. The summed E-state index contributed by atoms with van der Waals surface area (Å²) in [7, 11) is -2.10.